The van der Waals surface area contributed by atoms with E-state index >= 15 is 0 Å². The highest BCUT2D eigenvalue weighted by Gasteiger charge is 2.18. The molecule has 1 aromatic carbocycles. The fourth-order valence-electron chi connectivity index (χ4n) is 1.98. The van der Waals surface area contributed by atoms with Gasteiger partial charge in [0.15, 0.2) is 0 Å². The molecule has 4 nitrogen and oxygen atoms in total. The maximum absolute atomic E-state index is 11.8. The van der Waals surface area contributed by atoms with Crippen molar-refractivity contribution in [1.82, 2.24) is 0 Å². The first-order chi connectivity index (χ1) is 9.03. The summed E-state index contributed by atoms with van der Waals surface area (Å²) in [7, 11) is 1.34. The smallest absolute Gasteiger partial charge is 0.340 e. The van der Waals surface area contributed by atoms with E-state index in [1.165, 1.54) is 7.11 Å². The molecule has 0 aliphatic heterocycles. The third kappa shape index (κ3) is 4.03. The number of hydrogen-bond donors (Lipinski definition) is 2. The van der Waals surface area contributed by atoms with Crippen LogP contribution in [0.2, 0.25) is 5.02 Å². The van der Waals surface area contributed by atoms with Gasteiger partial charge in [-0.1, -0.05) is 31.9 Å². The number of nitrogens with two attached hydrogens (primary N) is 1. The van der Waals surface area contributed by atoms with Crippen molar-refractivity contribution < 1.29 is 9.53 Å². The lowest BCUT2D eigenvalue weighted by Crippen LogP contribution is -2.20. The SMILES string of the molecule is CCCC(CC)Nc1c(Cl)cc(N)cc1C(=O)OC. The van der Waals surface area contributed by atoms with Crippen LogP contribution in [-0.2, 0) is 4.74 Å². The average molecular weight is 285 g/mol. The van der Waals surface area contributed by atoms with Gasteiger partial charge in [0.25, 0.3) is 0 Å². The minimum absolute atomic E-state index is 0.273. The molecule has 106 valence electrons. The largest absolute Gasteiger partial charge is 0.465 e. The molecule has 1 unspecified atom stereocenters. The normalized spacial score (nSPS) is 12.0. The number of nitrogen functional groups attached to an aromatic ring is 1. The monoisotopic (exact) mass is 284 g/mol. The molecule has 1 rings (SSSR count). The molecule has 19 heavy (non-hydrogen) atoms. The van der Waals surface area contributed by atoms with Gasteiger partial charge in [0.05, 0.1) is 23.4 Å². The molecule has 0 aliphatic carbocycles. The highest BCUT2D eigenvalue weighted by Crippen LogP contribution is 2.31. The average Bonchev–Trinajstić information content (AvgIpc) is 2.39. The zero-order valence-electron chi connectivity index (χ0n) is 11.6. The van der Waals surface area contributed by atoms with Crippen LogP contribution in [0.4, 0.5) is 11.4 Å². The predicted octanol–water partition coefficient (Wildman–Crippen LogP) is 3.70. The molecule has 0 saturated carbocycles. The van der Waals surface area contributed by atoms with Crippen LogP contribution in [0, 0.1) is 0 Å². The van der Waals surface area contributed by atoms with Crippen LogP contribution in [0.25, 0.3) is 0 Å². The number of nitrogens with one attached hydrogen (secondary N) is 1. The fourth-order valence-corrected chi connectivity index (χ4v) is 2.26. The molecule has 0 aliphatic rings. The second-order valence-corrected chi connectivity index (χ2v) is 4.86. The Balaban J connectivity index is 3.13. The van der Waals surface area contributed by atoms with Crippen molar-refractivity contribution >= 4 is 28.9 Å². The van der Waals surface area contributed by atoms with Crippen molar-refractivity contribution in [2.24, 2.45) is 0 Å². The molecule has 0 heterocycles. The van der Waals surface area contributed by atoms with Crippen molar-refractivity contribution in [3.63, 3.8) is 0 Å². The van der Waals surface area contributed by atoms with Crippen molar-refractivity contribution in [3.05, 3.63) is 22.7 Å². The van der Waals surface area contributed by atoms with Crippen LogP contribution in [0.15, 0.2) is 12.1 Å². The summed E-state index contributed by atoms with van der Waals surface area (Å²) in [5.41, 5.74) is 7.14. The highest BCUT2D eigenvalue weighted by atomic mass is 35.5. The second-order valence-electron chi connectivity index (χ2n) is 4.46. The molecule has 3 N–H and O–H groups in total. The number of benzene rings is 1. The van der Waals surface area contributed by atoms with Crippen molar-refractivity contribution in [2.45, 2.75) is 39.2 Å². The van der Waals surface area contributed by atoms with E-state index in [-0.39, 0.29) is 6.04 Å². The predicted molar refractivity (Wildman–Crippen MR) is 79.8 cm³/mol. The van der Waals surface area contributed by atoms with Crippen LogP contribution in [0.1, 0.15) is 43.5 Å². The van der Waals surface area contributed by atoms with E-state index in [4.69, 9.17) is 22.1 Å². The number of anilines is 2. The number of hydrogen-bond acceptors (Lipinski definition) is 4. The molecule has 0 spiro atoms. The van der Waals surface area contributed by atoms with Crippen molar-refractivity contribution in [2.75, 3.05) is 18.2 Å². The van der Waals surface area contributed by atoms with Gasteiger partial charge in [-0.2, -0.15) is 0 Å². The molecule has 0 fully saturated rings. The van der Waals surface area contributed by atoms with Gasteiger partial charge in [0, 0.05) is 11.7 Å². The summed E-state index contributed by atoms with van der Waals surface area (Å²) in [6.45, 7) is 4.21. The summed E-state index contributed by atoms with van der Waals surface area (Å²) in [5.74, 6) is -0.442. The van der Waals surface area contributed by atoms with Crippen molar-refractivity contribution in [1.29, 1.82) is 0 Å². The molecule has 1 aromatic rings. The summed E-state index contributed by atoms with van der Waals surface area (Å²) in [4.78, 5) is 11.8. The van der Waals surface area contributed by atoms with Gasteiger partial charge in [0.2, 0.25) is 0 Å². The Bertz CT molecular complexity index is 449. The Morgan fingerprint density at radius 3 is 2.68 bits per heavy atom. The topological polar surface area (TPSA) is 64.3 Å². The number of carbonyl (C=O) groups is 1. The first-order valence-corrected chi connectivity index (χ1v) is 6.85. The summed E-state index contributed by atoms with van der Waals surface area (Å²) in [6, 6.07) is 3.49. The zero-order chi connectivity index (χ0) is 14.4. The summed E-state index contributed by atoms with van der Waals surface area (Å²) < 4.78 is 4.77. The summed E-state index contributed by atoms with van der Waals surface area (Å²) >= 11 is 6.19. The van der Waals surface area contributed by atoms with Gasteiger partial charge < -0.3 is 15.8 Å². The van der Waals surface area contributed by atoms with Crippen LogP contribution in [-0.4, -0.2) is 19.1 Å². The molecular formula is C14H21ClN2O2. The Labute approximate surface area is 119 Å². The van der Waals surface area contributed by atoms with E-state index in [1.54, 1.807) is 12.1 Å². The lowest BCUT2D eigenvalue weighted by Gasteiger charge is -2.20. The number of methoxy groups -OCH3 is 1. The van der Waals surface area contributed by atoms with E-state index in [0.717, 1.165) is 19.3 Å². The molecule has 0 radical (unpaired) electrons. The third-order valence-electron chi connectivity index (χ3n) is 3.00. The maximum atomic E-state index is 11.8. The Morgan fingerprint density at radius 1 is 1.47 bits per heavy atom. The Morgan fingerprint density at radius 2 is 2.16 bits per heavy atom. The molecule has 0 bridgehead atoms. The molecular weight excluding hydrogens is 264 g/mol. The summed E-state index contributed by atoms with van der Waals surface area (Å²) in [5, 5.41) is 3.76. The molecule has 5 heteroatoms. The number of carbonyl (C=O) groups excluding carboxylic acids is 1. The number of esters is 1. The Hall–Kier alpha value is -1.42. The van der Waals surface area contributed by atoms with Gasteiger partial charge in [-0.05, 0) is 25.0 Å². The van der Waals surface area contributed by atoms with Gasteiger partial charge in [-0.3, -0.25) is 0 Å². The van der Waals surface area contributed by atoms with E-state index in [1.807, 2.05) is 0 Å². The lowest BCUT2D eigenvalue weighted by atomic mass is 10.1. The molecule has 1 atom stereocenters. The zero-order valence-corrected chi connectivity index (χ0v) is 12.4. The first-order valence-electron chi connectivity index (χ1n) is 6.47. The van der Waals surface area contributed by atoms with E-state index < -0.39 is 5.97 Å². The molecule has 0 saturated heterocycles. The van der Waals surface area contributed by atoms with Crippen LogP contribution < -0.4 is 11.1 Å². The second kappa shape index (κ2) is 7.24. The van der Waals surface area contributed by atoms with E-state index in [2.05, 4.69) is 19.2 Å². The molecule has 0 aromatic heterocycles. The summed E-state index contributed by atoms with van der Waals surface area (Å²) in [6.07, 6.45) is 3.03. The maximum Gasteiger partial charge on any atom is 0.340 e. The fraction of sp³-hybridized carbons (Fsp3) is 0.500. The minimum atomic E-state index is -0.442. The Kier molecular flexibility index (Phi) is 5.96. The molecule has 0 amide bonds. The van der Waals surface area contributed by atoms with Crippen LogP contribution >= 0.6 is 11.6 Å². The highest BCUT2D eigenvalue weighted by molar-refractivity contribution is 6.34. The van der Waals surface area contributed by atoms with Crippen molar-refractivity contribution in [3.8, 4) is 0 Å². The number of ether oxygens (including phenoxy) is 1. The standard InChI is InChI=1S/C14H21ClN2O2/c1-4-6-10(5-2)17-13-11(14(18)19-3)7-9(16)8-12(13)15/h7-8,10,17H,4-6,16H2,1-3H3. The first kappa shape index (κ1) is 15.6. The minimum Gasteiger partial charge on any atom is -0.465 e. The number of halogens is 1. The van der Waals surface area contributed by atoms with E-state index in [0.29, 0.717) is 22.0 Å². The lowest BCUT2D eigenvalue weighted by molar-refractivity contribution is 0.0602. The van der Waals surface area contributed by atoms with E-state index in [9.17, 15) is 4.79 Å². The van der Waals surface area contributed by atoms with Gasteiger partial charge in [-0.25, -0.2) is 4.79 Å². The number of rotatable bonds is 6. The van der Waals surface area contributed by atoms with Gasteiger partial charge in [-0.15, -0.1) is 0 Å². The van der Waals surface area contributed by atoms with Crippen LogP contribution in [0.5, 0.6) is 0 Å². The van der Waals surface area contributed by atoms with Gasteiger partial charge >= 0.3 is 5.97 Å². The third-order valence-corrected chi connectivity index (χ3v) is 3.29. The van der Waals surface area contributed by atoms with Crippen LogP contribution in [0.3, 0.4) is 0 Å². The quantitative estimate of drug-likeness (QED) is 0.617. The van der Waals surface area contributed by atoms with Gasteiger partial charge in [0.1, 0.15) is 0 Å².